The van der Waals surface area contributed by atoms with E-state index in [9.17, 15) is 8.42 Å². The van der Waals surface area contributed by atoms with Gasteiger partial charge < -0.3 is 9.69 Å². The van der Waals surface area contributed by atoms with Gasteiger partial charge in [-0.2, -0.15) is 0 Å². The predicted octanol–water partition coefficient (Wildman–Crippen LogP) is 8.52. The monoisotopic (exact) mass is 728 g/mol. The Balaban J connectivity index is 2.02. The molecule has 0 bridgehead atoms. The predicted molar refractivity (Wildman–Crippen MR) is 165 cm³/mol. The smallest absolute Gasteiger partial charge is 0.241 e. The van der Waals surface area contributed by atoms with Gasteiger partial charge in [0.1, 0.15) is 0 Å². The zero-order chi connectivity index (χ0) is 26.7. The lowest BCUT2D eigenvalue weighted by Gasteiger charge is -2.18. The molecule has 0 aliphatic heterocycles. The van der Waals surface area contributed by atoms with Crippen molar-refractivity contribution in [3.63, 3.8) is 0 Å². The number of rotatable bonds is 6. The van der Waals surface area contributed by atoms with Crippen LogP contribution < -0.4 is 0 Å². The van der Waals surface area contributed by atoms with Crippen LogP contribution in [0.15, 0.2) is 82.6 Å². The first-order chi connectivity index (χ1) is 17.7. The highest BCUT2D eigenvalue weighted by Crippen LogP contribution is 2.39. The van der Waals surface area contributed by atoms with E-state index in [1.54, 1.807) is 24.3 Å². The topological polar surface area (TPSA) is 42.9 Å². The number of hydrogen-bond acceptors (Lipinski definition) is 2. The Morgan fingerprint density at radius 2 is 0.973 bits per heavy atom. The average molecular weight is 728 g/mol. The molecule has 4 rings (SSSR count). The van der Waals surface area contributed by atoms with E-state index < -0.39 is 9.84 Å². The van der Waals surface area contributed by atoms with Gasteiger partial charge in [0, 0.05) is 7.14 Å². The van der Waals surface area contributed by atoms with E-state index in [0.717, 1.165) is 40.5 Å². The molecule has 7 heteroatoms. The summed E-state index contributed by atoms with van der Waals surface area (Å²) in [5.41, 5.74) is 6.07. The fraction of sp³-hybridized carbons (Fsp3) is 0.133. The van der Waals surface area contributed by atoms with Crippen LogP contribution in [-0.2, 0) is 22.9 Å². The van der Waals surface area contributed by atoms with Crippen molar-refractivity contribution in [3.05, 3.63) is 125 Å². The molecule has 184 valence electrons. The van der Waals surface area contributed by atoms with E-state index >= 15 is 0 Å². The standard InChI is InChI=1S/C30H22I2N2O2S/c1-19-5-15-27(25(17-33-3)29(19)21-7-11-23(31)12-8-21)37(35,36)28-16-6-20(2)30(26(28)18-34-4)22-9-13-24(32)14-10-22/h5-16H,17-18H2,1-2H3. The van der Waals surface area contributed by atoms with E-state index in [1.807, 2.05) is 62.4 Å². The van der Waals surface area contributed by atoms with E-state index in [-0.39, 0.29) is 22.9 Å². The number of aryl methyl sites for hydroxylation is 2. The van der Waals surface area contributed by atoms with Gasteiger partial charge in [-0.1, -0.05) is 36.4 Å². The Labute approximate surface area is 245 Å². The zero-order valence-corrected chi connectivity index (χ0v) is 25.3. The molecule has 0 N–H and O–H groups in total. The highest BCUT2D eigenvalue weighted by molar-refractivity contribution is 14.1. The molecule has 4 nitrogen and oxygen atoms in total. The van der Waals surface area contributed by atoms with Crippen LogP contribution in [0.2, 0.25) is 0 Å². The summed E-state index contributed by atoms with van der Waals surface area (Å²) in [5.74, 6) is 0. The largest absolute Gasteiger partial charge is 0.312 e. The van der Waals surface area contributed by atoms with Crippen LogP contribution in [0.3, 0.4) is 0 Å². The molecule has 0 atom stereocenters. The summed E-state index contributed by atoms with van der Waals surface area (Å²) in [6, 6.07) is 22.5. The van der Waals surface area contributed by atoms with E-state index in [1.165, 1.54) is 0 Å². The molecule has 0 amide bonds. The highest BCUT2D eigenvalue weighted by Gasteiger charge is 2.30. The Kier molecular flexibility index (Phi) is 8.37. The minimum Gasteiger partial charge on any atom is -0.312 e. The summed E-state index contributed by atoms with van der Waals surface area (Å²) in [6.07, 6.45) is 0. The second kappa shape index (κ2) is 11.3. The maximum Gasteiger partial charge on any atom is 0.241 e. The first-order valence-corrected chi connectivity index (χ1v) is 15.0. The van der Waals surface area contributed by atoms with Crippen molar-refractivity contribution in [2.75, 3.05) is 0 Å². The fourth-order valence-electron chi connectivity index (χ4n) is 4.62. The third-order valence-electron chi connectivity index (χ3n) is 6.28. The van der Waals surface area contributed by atoms with Gasteiger partial charge in [-0.15, -0.1) is 0 Å². The maximum atomic E-state index is 14.3. The molecule has 0 saturated carbocycles. The van der Waals surface area contributed by atoms with Gasteiger partial charge in [-0.3, -0.25) is 0 Å². The van der Waals surface area contributed by atoms with Crippen molar-refractivity contribution >= 4 is 55.0 Å². The van der Waals surface area contributed by atoms with Gasteiger partial charge in [0.15, 0.2) is 0 Å². The molecule has 0 spiro atoms. The highest BCUT2D eigenvalue weighted by atomic mass is 127. The van der Waals surface area contributed by atoms with Crippen LogP contribution in [0.1, 0.15) is 22.3 Å². The minimum atomic E-state index is -4.05. The lowest BCUT2D eigenvalue weighted by atomic mass is 9.95. The molecule has 4 aromatic rings. The van der Waals surface area contributed by atoms with Gasteiger partial charge in [0.2, 0.25) is 22.9 Å². The number of hydrogen-bond donors (Lipinski definition) is 0. The summed E-state index contributed by atoms with van der Waals surface area (Å²) >= 11 is 4.46. The average Bonchev–Trinajstić information content (AvgIpc) is 2.86. The van der Waals surface area contributed by atoms with Crippen LogP contribution in [0.25, 0.3) is 31.9 Å². The number of nitrogens with zero attached hydrogens (tertiary/aromatic N) is 2. The van der Waals surface area contributed by atoms with Crippen LogP contribution >= 0.6 is 45.2 Å². The van der Waals surface area contributed by atoms with Gasteiger partial charge in [-0.05, 0) is 129 Å². The van der Waals surface area contributed by atoms with Crippen LogP contribution in [0, 0.1) is 34.1 Å². The first kappa shape index (κ1) is 27.3. The molecule has 0 aromatic heterocycles. The van der Waals surface area contributed by atoms with Crippen molar-refractivity contribution in [1.29, 1.82) is 0 Å². The molecule has 0 fully saturated rings. The summed E-state index contributed by atoms with van der Waals surface area (Å²) < 4.78 is 30.8. The molecular weight excluding hydrogens is 706 g/mol. The van der Waals surface area contributed by atoms with Gasteiger partial charge in [-0.25, -0.2) is 21.6 Å². The Hall–Kier alpha value is -2.73. The molecule has 0 aliphatic rings. The second-order valence-electron chi connectivity index (χ2n) is 8.62. The van der Waals surface area contributed by atoms with E-state index in [4.69, 9.17) is 13.1 Å². The minimum absolute atomic E-state index is 0.0639. The summed E-state index contributed by atoms with van der Waals surface area (Å²) in [5, 5.41) is 0. The molecule has 0 heterocycles. The van der Waals surface area contributed by atoms with E-state index in [2.05, 4.69) is 54.9 Å². The molecule has 4 aromatic carbocycles. The summed E-state index contributed by atoms with van der Waals surface area (Å²) in [4.78, 5) is 7.43. The zero-order valence-electron chi connectivity index (χ0n) is 20.2. The lowest BCUT2D eigenvalue weighted by molar-refractivity contribution is 0.594. The number of halogens is 2. The number of benzene rings is 4. The fourth-order valence-corrected chi connectivity index (χ4v) is 7.06. The van der Waals surface area contributed by atoms with Crippen molar-refractivity contribution in [3.8, 4) is 22.3 Å². The summed E-state index contributed by atoms with van der Waals surface area (Å²) in [7, 11) is -4.05. The molecule has 37 heavy (non-hydrogen) atoms. The molecule has 0 aliphatic carbocycles. The van der Waals surface area contributed by atoms with Gasteiger partial charge in [0.25, 0.3) is 0 Å². The SMILES string of the molecule is [C-]#[N+]Cc1c(S(=O)(=O)c2ccc(C)c(-c3ccc(I)cc3)c2C[N+]#[C-])ccc(C)c1-c1ccc(I)cc1. The maximum absolute atomic E-state index is 14.3. The van der Waals surface area contributed by atoms with Crippen LogP contribution in [0.5, 0.6) is 0 Å². The van der Waals surface area contributed by atoms with Gasteiger partial charge >= 0.3 is 0 Å². The number of sulfone groups is 1. The van der Waals surface area contributed by atoms with Crippen LogP contribution in [-0.4, -0.2) is 8.42 Å². The van der Waals surface area contributed by atoms with Crippen molar-refractivity contribution in [2.45, 2.75) is 36.7 Å². The quantitative estimate of drug-likeness (QED) is 0.148. The van der Waals surface area contributed by atoms with Crippen LogP contribution in [0.4, 0.5) is 0 Å². The third kappa shape index (κ3) is 5.45. The van der Waals surface area contributed by atoms with Crippen molar-refractivity contribution < 1.29 is 8.42 Å². The van der Waals surface area contributed by atoms with E-state index in [0.29, 0.717) is 11.1 Å². The summed E-state index contributed by atoms with van der Waals surface area (Å²) in [6.45, 7) is 18.9. The molecule has 0 saturated heterocycles. The Morgan fingerprint density at radius 3 is 1.30 bits per heavy atom. The Morgan fingerprint density at radius 1 is 0.622 bits per heavy atom. The molecular formula is C30H22I2N2O2S. The van der Waals surface area contributed by atoms with Crippen molar-refractivity contribution in [2.24, 2.45) is 0 Å². The second-order valence-corrected chi connectivity index (χ2v) is 13.0. The lowest BCUT2D eigenvalue weighted by Crippen LogP contribution is -2.11. The van der Waals surface area contributed by atoms with Gasteiger partial charge in [0.05, 0.1) is 20.9 Å². The molecule has 0 unspecified atom stereocenters. The van der Waals surface area contributed by atoms with Crippen molar-refractivity contribution in [1.82, 2.24) is 0 Å². The third-order valence-corrected chi connectivity index (χ3v) is 9.64. The normalized spacial score (nSPS) is 11.1. The molecule has 0 radical (unpaired) electrons. The Bertz CT molecular complexity index is 1560. The first-order valence-electron chi connectivity index (χ1n) is 11.4.